The van der Waals surface area contributed by atoms with Gasteiger partial charge in [-0.15, -0.1) is 0 Å². The summed E-state index contributed by atoms with van der Waals surface area (Å²) in [6.45, 7) is 0. The van der Waals surface area contributed by atoms with Gasteiger partial charge in [0.05, 0.1) is 15.6 Å². The summed E-state index contributed by atoms with van der Waals surface area (Å²) in [5.41, 5.74) is 0. The van der Waals surface area contributed by atoms with Crippen molar-refractivity contribution in [3.63, 3.8) is 0 Å². The minimum Gasteiger partial charge on any atom is -1.00 e. The van der Waals surface area contributed by atoms with Crippen LogP contribution in [0.5, 0.6) is 0 Å². The Labute approximate surface area is 95.1 Å². The molecule has 0 unspecified atom stereocenters. The molecule has 0 spiro atoms. The van der Waals surface area contributed by atoms with Crippen LogP contribution in [0.25, 0.3) is 0 Å². The maximum atomic E-state index is 9.32. The van der Waals surface area contributed by atoms with Crippen LogP contribution in [0.3, 0.4) is 0 Å². The molecule has 7 nitrogen and oxygen atoms in total. The predicted octanol–water partition coefficient (Wildman–Crippen LogP) is -6.34. The summed E-state index contributed by atoms with van der Waals surface area (Å²) < 4.78 is 21.2. The smallest absolute Gasteiger partial charge is 1.00 e. The molecule has 0 amide bonds. The minimum atomic E-state index is -5.68. The maximum Gasteiger partial charge on any atom is 3.00 e. The molecule has 0 aliphatic carbocycles. The molecule has 0 aromatic heterocycles. The summed E-state index contributed by atoms with van der Waals surface area (Å²) in [4.78, 5) is 37.3. The van der Waals surface area contributed by atoms with E-state index < -0.39 is 15.6 Å². The minimum absolute atomic E-state index is 0. The number of hydrogen-bond donors (Lipinski definition) is 0. The van der Waals surface area contributed by atoms with E-state index in [2.05, 4.69) is 4.31 Å². The fourth-order valence-electron chi connectivity index (χ4n) is 0.122. The summed E-state index contributed by atoms with van der Waals surface area (Å²) in [7, 11) is -11.4. The Bertz CT molecular complexity index is 160. The van der Waals surface area contributed by atoms with Gasteiger partial charge >= 0.3 is 34.1 Å². The van der Waals surface area contributed by atoms with Crippen molar-refractivity contribution in [1.82, 2.24) is 0 Å². The van der Waals surface area contributed by atoms with Crippen molar-refractivity contribution < 1.29 is 79.6 Å². The molecule has 0 atom stereocenters. The zero-order valence-corrected chi connectivity index (χ0v) is 9.59. The van der Waals surface area contributed by atoms with Crippen LogP contribution in [0, 0.1) is 0 Å². The molecule has 12 heavy (non-hydrogen) atoms. The predicted molar refractivity (Wildman–Crippen MR) is 16.3 cm³/mol. The Morgan fingerprint density at radius 1 is 0.917 bits per heavy atom. The van der Waals surface area contributed by atoms with Crippen molar-refractivity contribution in [2.75, 3.05) is 0 Å². The largest absolute Gasteiger partial charge is 3.00 e. The van der Waals surface area contributed by atoms with Crippen molar-refractivity contribution in [2.24, 2.45) is 0 Å². The quantitative estimate of drug-likeness (QED) is 0.364. The molecule has 0 aromatic rings. The van der Waals surface area contributed by atoms with Crippen LogP contribution in [0.15, 0.2) is 0 Å². The molecule has 0 saturated carbocycles. The Kier molecular flexibility index (Phi) is 15.5. The Hall–Kier alpha value is 1.59. The van der Waals surface area contributed by atoms with Crippen LogP contribution in [-0.2, 0) is 47.6 Å². The second-order valence-corrected chi connectivity index (χ2v) is 3.42. The van der Waals surface area contributed by atoms with Gasteiger partial charge in [0, 0.05) is 0 Å². The van der Waals surface area contributed by atoms with E-state index in [1.807, 2.05) is 0 Å². The van der Waals surface area contributed by atoms with Gasteiger partial charge in [0.1, 0.15) is 0 Å². The molecular weight excluding hydrogens is 321 g/mol. The van der Waals surface area contributed by atoms with Crippen LogP contribution in [0.4, 0.5) is 0 Å². The fraction of sp³-hybridized carbons (Fsp3) is 0. The van der Waals surface area contributed by atoms with Crippen LogP contribution >= 0.6 is 15.6 Å². The molecule has 1 radical (unpaired) electrons. The van der Waals surface area contributed by atoms with Gasteiger partial charge < -0.3 is 45.4 Å². The second kappa shape index (κ2) is 7.94. The van der Waals surface area contributed by atoms with E-state index in [0.717, 1.165) is 0 Å². The van der Waals surface area contributed by atoms with Gasteiger partial charge in [-0.3, -0.25) is 0 Å². The molecular formula is ClFe2O7P2. The van der Waals surface area contributed by atoms with Gasteiger partial charge in [0.2, 0.25) is 0 Å². The molecule has 0 aliphatic heterocycles. The second-order valence-electron chi connectivity index (χ2n) is 0.976. The van der Waals surface area contributed by atoms with Gasteiger partial charge in [-0.05, 0) is 0 Å². The normalized spacial score (nSPS) is 10.3. The molecule has 0 N–H and O–H groups in total. The molecule has 0 heterocycles. The molecule has 0 rings (SSSR count). The third-order valence-corrected chi connectivity index (χ3v) is 1.80. The molecule has 0 saturated heterocycles. The van der Waals surface area contributed by atoms with Gasteiger partial charge in [0.15, 0.2) is 0 Å². The molecule has 0 aliphatic rings. The van der Waals surface area contributed by atoms with E-state index in [1.54, 1.807) is 0 Å². The van der Waals surface area contributed by atoms with E-state index in [9.17, 15) is 28.7 Å². The van der Waals surface area contributed by atoms with Crippen molar-refractivity contribution in [2.45, 2.75) is 0 Å². The third kappa shape index (κ3) is 22.6. The topological polar surface area (TPSA) is 136 Å². The zero-order chi connectivity index (χ0) is 7.71. The zero-order valence-electron chi connectivity index (χ0n) is 4.84. The summed E-state index contributed by atoms with van der Waals surface area (Å²) in [6.07, 6.45) is 0. The molecule has 0 fully saturated rings. The SMILES string of the molecule is O=P([O-])([O-])OP(=O)([O-])[O-].[Cl-].[Fe+2].[Fe+3]. The Balaban J connectivity index is -0.000000107. The van der Waals surface area contributed by atoms with E-state index in [-0.39, 0.29) is 46.5 Å². The maximum absolute atomic E-state index is 9.32. The number of phosphoric acid groups is 2. The van der Waals surface area contributed by atoms with Crippen LogP contribution in [-0.4, -0.2) is 0 Å². The standard InChI is InChI=1S/ClH.2Fe.H4O7P2/c;;;1-8(2,3)7-9(4,5)6/h1H;;;(H2,1,2,3)(H2,4,5,6)/q;+2;+3;/p-5. The van der Waals surface area contributed by atoms with Gasteiger partial charge in [-0.2, -0.15) is 0 Å². The average molecular weight is 321 g/mol. The first kappa shape index (κ1) is 23.4. The van der Waals surface area contributed by atoms with Crippen molar-refractivity contribution in [3.8, 4) is 0 Å². The van der Waals surface area contributed by atoms with E-state index in [0.29, 0.717) is 0 Å². The Morgan fingerprint density at radius 3 is 1.08 bits per heavy atom. The molecule has 12 heteroatoms. The van der Waals surface area contributed by atoms with E-state index in [4.69, 9.17) is 0 Å². The van der Waals surface area contributed by atoms with Gasteiger partial charge in [0.25, 0.3) is 0 Å². The van der Waals surface area contributed by atoms with Crippen molar-refractivity contribution in [3.05, 3.63) is 0 Å². The summed E-state index contributed by atoms with van der Waals surface area (Å²) >= 11 is 0. The van der Waals surface area contributed by atoms with Gasteiger partial charge in [-0.25, -0.2) is 0 Å². The van der Waals surface area contributed by atoms with E-state index >= 15 is 0 Å². The number of halogens is 1. The van der Waals surface area contributed by atoms with Gasteiger partial charge in [-0.1, -0.05) is 0 Å². The molecule has 75 valence electrons. The molecule has 0 aromatic carbocycles. The van der Waals surface area contributed by atoms with Crippen LogP contribution in [0.1, 0.15) is 0 Å². The summed E-state index contributed by atoms with van der Waals surface area (Å²) in [5, 5.41) is 0. The van der Waals surface area contributed by atoms with Crippen LogP contribution < -0.4 is 32.0 Å². The van der Waals surface area contributed by atoms with Crippen LogP contribution in [0.2, 0.25) is 0 Å². The first-order valence-corrected chi connectivity index (χ1v) is 4.38. The first-order valence-electron chi connectivity index (χ1n) is 1.46. The summed E-state index contributed by atoms with van der Waals surface area (Å²) in [6, 6.07) is 0. The van der Waals surface area contributed by atoms with Crippen molar-refractivity contribution in [1.29, 1.82) is 0 Å². The number of hydrogen-bond acceptors (Lipinski definition) is 7. The first-order chi connectivity index (χ1) is 3.71. The fourth-order valence-corrected chi connectivity index (χ4v) is 1.10. The Morgan fingerprint density at radius 2 is 1.08 bits per heavy atom. The molecule has 0 bridgehead atoms. The van der Waals surface area contributed by atoms with Crippen molar-refractivity contribution >= 4 is 15.6 Å². The summed E-state index contributed by atoms with van der Waals surface area (Å²) in [5.74, 6) is 0. The third-order valence-electron chi connectivity index (χ3n) is 0.200. The number of rotatable bonds is 2. The van der Waals surface area contributed by atoms with E-state index in [1.165, 1.54) is 0 Å². The monoisotopic (exact) mass is 321 g/mol. The average Bonchev–Trinajstić information content (AvgIpc) is 1.14.